The molecule has 3 aromatic carbocycles. The van der Waals surface area contributed by atoms with Crippen molar-refractivity contribution in [2.24, 2.45) is 0 Å². The summed E-state index contributed by atoms with van der Waals surface area (Å²) in [4.78, 5) is 15.9. The van der Waals surface area contributed by atoms with E-state index in [9.17, 15) is 4.79 Å². The highest BCUT2D eigenvalue weighted by atomic mass is 35.5. The molecule has 1 fully saturated rings. The molecule has 1 atom stereocenters. The fraction of sp³-hybridized carbons (Fsp3) is 0.296. The molecule has 168 valence electrons. The number of hydrogen-bond donors (Lipinski definition) is 1. The second kappa shape index (κ2) is 11.7. The summed E-state index contributed by atoms with van der Waals surface area (Å²) < 4.78 is 5.32. The molecule has 0 saturated carbocycles. The minimum atomic E-state index is -0.322. The Balaban J connectivity index is 0.00000289. The molecular weight excluding hydrogens is 420 g/mol. The van der Waals surface area contributed by atoms with Crippen LogP contribution in [0.15, 0.2) is 84.9 Å². The predicted molar refractivity (Wildman–Crippen MR) is 132 cm³/mol. The molecule has 1 N–H and O–H groups in total. The van der Waals surface area contributed by atoms with Crippen molar-refractivity contribution in [1.29, 1.82) is 0 Å². The monoisotopic (exact) mass is 450 g/mol. The standard InChI is InChI=1S/C27H30N2O2.ClH/c1-31-24-16-14-21(15-17-24)25(29-18-8-9-19-29)20-28-27(30)26(22-10-4-2-5-11-22)23-12-6-3-7-13-23;/h2-7,10-17,25-26H,8-9,18-20H2,1H3,(H,28,30);1H. The van der Waals surface area contributed by atoms with Crippen molar-refractivity contribution in [2.45, 2.75) is 24.8 Å². The molecule has 0 aliphatic carbocycles. The van der Waals surface area contributed by atoms with Gasteiger partial charge in [0.25, 0.3) is 0 Å². The number of benzene rings is 3. The first-order valence-electron chi connectivity index (χ1n) is 11.0. The highest BCUT2D eigenvalue weighted by Crippen LogP contribution is 2.28. The number of carbonyl (C=O) groups excluding carboxylic acids is 1. The second-order valence-corrected chi connectivity index (χ2v) is 8.03. The van der Waals surface area contributed by atoms with Crippen LogP contribution < -0.4 is 10.1 Å². The van der Waals surface area contributed by atoms with E-state index in [1.165, 1.54) is 18.4 Å². The third kappa shape index (κ3) is 5.70. The van der Waals surface area contributed by atoms with Gasteiger partial charge in [0, 0.05) is 6.54 Å². The number of hydrogen-bond acceptors (Lipinski definition) is 3. The Morgan fingerprint density at radius 1 is 0.844 bits per heavy atom. The molecule has 1 unspecified atom stereocenters. The Bertz CT molecular complexity index is 918. The van der Waals surface area contributed by atoms with Gasteiger partial charge in [-0.3, -0.25) is 9.69 Å². The molecule has 1 aliphatic heterocycles. The van der Waals surface area contributed by atoms with Gasteiger partial charge in [0.1, 0.15) is 5.75 Å². The van der Waals surface area contributed by atoms with E-state index in [0.29, 0.717) is 6.54 Å². The number of ether oxygens (including phenoxy) is 1. The predicted octanol–water partition coefficient (Wildman–Crippen LogP) is 5.20. The van der Waals surface area contributed by atoms with Gasteiger partial charge in [-0.25, -0.2) is 0 Å². The number of nitrogens with one attached hydrogen (secondary N) is 1. The number of amides is 1. The summed E-state index contributed by atoms with van der Waals surface area (Å²) in [6.07, 6.45) is 2.41. The lowest BCUT2D eigenvalue weighted by Gasteiger charge is -2.29. The van der Waals surface area contributed by atoms with Crippen molar-refractivity contribution in [1.82, 2.24) is 10.2 Å². The quantitative estimate of drug-likeness (QED) is 0.512. The summed E-state index contributed by atoms with van der Waals surface area (Å²) in [7, 11) is 1.68. The molecule has 0 spiro atoms. The number of rotatable bonds is 8. The fourth-order valence-electron chi connectivity index (χ4n) is 4.42. The Morgan fingerprint density at radius 3 is 1.88 bits per heavy atom. The van der Waals surface area contributed by atoms with Gasteiger partial charge in [-0.2, -0.15) is 0 Å². The summed E-state index contributed by atoms with van der Waals surface area (Å²) in [6, 6.07) is 28.4. The normalized spacial score (nSPS) is 14.6. The van der Waals surface area contributed by atoms with Gasteiger partial charge in [0.2, 0.25) is 5.91 Å². The molecule has 1 saturated heterocycles. The smallest absolute Gasteiger partial charge is 0.232 e. The summed E-state index contributed by atoms with van der Waals surface area (Å²) in [5.74, 6) is 0.564. The van der Waals surface area contributed by atoms with E-state index in [1.54, 1.807) is 7.11 Å². The van der Waals surface area contributed by atoms with Gasteiger partial charge in [-0.1, -0.05) is 72.8 Å². The molecule has 1 aliphatic rings. The van der Waals surface area contributed by atoms with Gasteiger partial charge in [-0.05, 0) is 54.8 Å². The zero-order chi connectivity index (χ0) is 21.5. The molecule has 1 amide bonds. The van der Waals surface area contributed by atoms with Crippen molar-refractivity contribution >= 4 is 18.3 Å². The van der Waals surface area contributed by atoms with Gasteiger partial charge in [-0.15, -0.1) is 12.4 Å². The van der Waals surface area contributed by atoms with Crippen LogP contribution in [-0.2, 0) is 4.79 Å². The van der Waals surface area contributed by atoms with Crippen LogP contribution in [0.5, 0.6) is 5.75 Å². The van der Waals surface area contributed by atoms with Crippen LogP contribution >= 0.6 is 12.4 Å². The molecule has 0 aromatic heterocycles. The topological polar surface area (TPSA) is 41.6 Å². The third-order valence-electron chi connectivity index (χ3n) is 6.08. The summed E-state index contributed by atoms with van der Waals surface area (Å²) >= 11 is 0. The number of likely N-dealkylation sites (tertiary alicyclic amines) is 1. The van der Waals surface area contributed by atoms with Crippen LogP contribution in [0.25, 0.3) is 0 Å². The first kappa shape index (κ1) is 23.8. The minimum Gasteiger partial charge on any atom is -0.497 e. The average Bonchev–Trinajstić information content (AvgIpc) is 3.36. The average molecular weight is 451 g/mol. The van der Waals surface area contributed by atoms with Crippen LogP contribution in [0.2, 0.25) is 0 Å². The molecule has 0 radical (unpaired) electrons. The van der Waals surface area contributed by atoms with Gasteiger partial charge in [0.05, 0.1) is 19.1 Å². The zero-order valence-electron chi connectivity index (χ0n) is 18.4. The van der Waals surface area contributed by atoms with E-state index < -0.39 is 0 Å². The van der Waals surface area contributed by atoms with Crippen molar-refractivity contribution in [3.8, 4) is 5.75 Å². The number of halogens is 1. The Morgan fingerprint density at radius 2 is 1.38 bits per heavy atom. The first-order valence-corrected chi connectivity index (χ1v) is 11.0. The lowest BCUT2D eigenvalue weighted by atomic mass is 9.90. The highest BCUT2D eigenvalue weighted by Gasteiger charge is 2.27. The molecule has 0 bridgehead atoms. The lowest BCUT2D eigenvalue weighted by Crippen LogP contribution is -2.39. The van der Waals surface area contributed by atoms with E-state index >= 15 is 0 Å². The maximum Gasteiger partial charge on any atom is 0.232 e. The molecule has 5 heteroatoms. The van der Waals surface area contributed by atoms with Crippen LogP contribution in [0, 0.1) is 0 Å². The van der Waals surface area contributed by atoms with E-state index in [2.05, 4.69) is 22.3 Å². The van der Waals surface area contributed by atoms with E-state index in [4.69, 9.17) is 4.74 Å². The molecule has 4 nitrogen and oxygen atoms in total. The minimum absolute atomic E-state index is 0. The summed E-state index contributed by atoms with van der Waals surface area (Å²) in [5, 5.41) is 3.27. The van der Waals surface area contributed by atoms with Gasteiger partial charge in [0.15, 0.2) is 0 Å². The first-order chi connectivity index (χ1) is 15.3. The molecular formula is C27H31ClN2O2. The highest BCUT2D eigenvalue weighted by molar-refractivity contribution is 5.87. The van der Waals surface area contributed by atoms with Gasteiger partial charge < -0.3 is 10.1 Å². The zero-order valence-corrected chi connectivity index (χ0v) is 19.3. The summed E-state index contributed by atoms with van der Waals surface area (Å²) in [6.45, 7) is 2.71. The number of methoxy groups -OCH3 is 1. The largest absolute Gasteiger partial charge is 0.497 e. The SMILES string of the molecule is COc1ccc(C(CNC(=O)C(c2ccccc2)c2ccccc2)N2CCCC2)cc1.Cl. The van der Waals surface area contributed by atoms with Crippen molar-refractivity contribution in [3.05, 3.63) is 102 Å². The molecule has 1 heterocycles. The summed E-state index contributed by atoms with van der Waals surface area (Å²) in [5.41, 5.74) is 3.22. The fourth-order valence-corrected chi connectivity index (χ4v) is 4.42. The molecule has 4 rings (SSSR count). The van der Waals surface area contributed by atoms with Crippen molar-refractivity contribution < 1.29 is 9.53 Å². The van der Waals surface area contributed by atoms with Crippen LogP contribution in [-0.4, -0.2) is 37.6 Å². The maximum absolute atomic E-state index is 13.4. The van der Waals surface area contributed by atoms with E-state index in [0.717, 1.165) is 30.0 Å². The number of nitrogens with zero attached hydrogens (tertiary/aromatic N) is 1. The van der Waals surface area contributed by atoms with Crippen LogP contribution in [0.4, 0.5) is 0 Å². The number of carbonyl (C=O) groups is 1. The van der Waals surface area contributed by atoms with Crippen molar-refractivity contribution in [3.63, 3.8) is 0 Å². The maximum atomic E-state index is 13.4. The molecule has 3 aromatic rings. The Kier molecular flexibility index (Phi) is 8.72. The van der Waals surface area contributed by atoms with Crippen LogP contribution in [0.1, 0.15) is 41.5 Å². The third-order valence-corrected chi connectivity index (χ3v) is 6.08. The lowest BCUT2D eigenvalue weighted by molar-refractivity contribution is -0.121. The Hall–Kier alpha value is -2.82. The van der Waals surface area contributed by atoms with Gasteiger partial charge >= 0.3 is 0 Å². The second-order valence-electron chi connectivity index (χ2n) is 8.03. The Labute approximate surface area is 197 Å². The van der Waals surface area contributed by atoms with Crippen LogP contribution in [0.3, 0.4) is 0 Å². The van der Waals surface area contributed by atoms with E-state index in [-0.39, 0.29) is 30.3 Å². The molecule has 32 heavy (non-hydrogen) atoms. The van der Waals surface area contributed by atoms with E-state index in [1.807, 2.05) is 72.8 Å². The van der Waals surface area contributed by atoms with Crippen molar-refractivity contribution in [2.75, 3.05) is 26.7 Å².